The molecule has 0 bridgehead atoms. The molecule has 1 fully saturated rings. The van der Waals surface area contributed by atoms with Gasteiger partial charge in [-0.3, -0.25) is 14.5 Å². The van der Waals surface area contributed by atoms with Gasteiger partial charge in [-0.05, 0) is 65.4 Å². The van der Waals surface area contributed by atoms with Crippen LogP contribution < -0.4 is 4.74 Å². The maximum Gasteiger partial charge on any atom is 0.345 e. The van der Waals surface area contributed by atoms with Gasteiger partial charge >= 0.3 is 5.97 Å². The SMILES string of the molecule is O=C(Oc1ccc(/C=C2\SC(=O)N(Cc3ccc(Cl)cc3Cl)C2=O)cc1)c1ccccc1Cl. The van der Waals surface area contributed by atoms with Gasteiger partial charge in [-0.15, -0.1) is 0 Å². The number of rotatable bonds is 5. The maximum atomic E-state index is 12.8. The van der Waals surface area contributed by atoms with E-state index in [0.29, 0.717) is 31.9 Å². The Labute approximate surface area is 208 Å². The number of benzene rings is 3. The number of thioether (sulfide) groups is 1. The average Bonchev–Trinajstić information content (AvgIpc) is 3.04. The molecule has 0 radical (unpaired) electrons. The van der Waals surface area contributed by atoms with Crippen LogP contribution in [-0.4, -0.2) is 22.0 Å². The van der Waals surface area contributed by atoms with Gasteiger partial charge in [0.15, 0.2) is 0 Å². The third kappa shape index (κ3) is 5.42. The summed E-state index contributed by atoms with van der Waals surface area (Å²) in [5, 5.41) is 0.767. The first-order valence-electron chi connectivity index (χ1n) is 9.58. The second-order valence-electron chi connectivity index (χ2n) is 6.94. The molecule has 0 unspecified atom stereocenters. The van der Waals surface area contributed by atoms with Crippen LogP contribution >= 0.6 is 46.6 Å². The average molecular weight is 519 g/mol. The second kappa shape index (κ2) is 10.0. The van der Waals surface area contributed by atoms with E-state index >= 15 is 0 Å². The van der Waals surface area contributed by atoms with E-state index < -0.39 is 11.9 Å². The predicted octanol–water partition coefficient (Wildman–Crippen LogP) is 7.10. The summed E-state index contributed by atoms with van der Waals surface area (Å²) in [6.45, 7) is 0.0505. The molecule has 5 nitrogen and oxygen atoms in total. The van der Waals surface area contributed by atoms with Gasteiger partial charge in [-0.25, -0.2) is 4.79 Å². The van der Waals surface area contributed by atoms with Crippen molar-refractivity contribution >= 4 is 69.8 Å². The number of halogens is 3. The third-order valence-corrected chi connectivity index (χ3v) is 6.52. The first kappa shape index (κ1) is 23.4. The molecule has 4 rings (SSSR count). The maximum absolute atomic E-state index is 12.8. The number of esters is 1. The zero-order chi connectivity index (χ0) is 23.5. The van der Waals surface area contributed by atoms with Gasteiger partial charge in [0.25, 0.3) is 11.1 Å². The number of hydrogen-bond donors (Lipinski definition) is 0. The molecule has 3 aromatic rings. The minimum atomic E-state index is -0.574. The van der Waals surface area contributed by atoms with Crippen LogP contribution in [-0.2, 0) is 11.3 Å². The molecule has 33 heavy (non-hydrogen) atoms. The Morgan fingerprint density at radius 1 is 0.939 bits per heavy atom. The van der Waals surface area contributed by atoms with Crippen LogP contribution in [0.4, 0.5) is 4.79 Å². The van der Waals surface area contributed by atoms with E-state index in [2.05, 4.69) is 0 Å². The quantitative estimate of drug-likeness (QED) is 0.205. The number of ether oxygens (including phenoxy) is 1. The highest BCUT2D eigenvalue weighted by Crippen LogP contribution is 2.34. The van der Waals surface area contributed by atoms with Gasteiger partial charge < -0.3 is 4.74 Å². The van der Waals surface area contributed by atoms with Crippen LogP contribution in [0.25, 0.3) is 6.08 Å². The summed E-state index contributed by atoms with van der Waals surface area (Å²) < 4.78 is 5.35. The summed E-state index contributed by atoms with van der Waals surface area (Å²) in [5.74, 6) is -0.664. The fraction of sp³-hybridized carbons (Fsp3) is 0.0417. The van der Waals surface area contributed by atoms with Crippen LogP contribution in [0, 0.1) is 0 Å². The molecule has 1 aliphatic heterocycles. The number of carbonyl (C=O) groups is 3. The Kier molecular flexibility index (Phi) is 7.10. The van der Waals surface area contributed by atoms with E-state index in [1.807, 2.05) is 0 Å². The van der Waals surface area contributed by atoms with Crippen molar-refractivity contribution < 1.29 is 19.1 Å². The number of imide groups is 1. The summed E-state index contributed by atoms with van der Waals surface area (Å²) in [6.07, 6.45) is 1.61. The molecular formula is C24H14Cl3NO4S. The molecule has 166 valence electrons. The molecular weight excluding hydrogens is 505 g/mol. The summed E-state index contributed by atoms with van der Waals surface area (Å²) in [7, 11) is 0. The van der Waals surface area contributed by atoms with Crippen LogP contribution in [0.3, 0.4) is 0 Å². The van der Waals surface area contributed by atoms with Crippen molar-refractivity contribution in [1.29, 1.82) is 0 Å². The van der Waals surface area contributed by atoms with Crippen molar-refractivity contribution in [3.63, 3.8) is 0 Å². The summed E-state index contributed by atoms with van der Waals surface area (Å²) >= 11 is 18.9. The Morgan fingerprint density at radius 2 is 1.67 bits per heavy atom. The van der Waals surface area contributed by atoms with Crippen LogP contribution in [0.15, 0.2) is 71.6 Å². The smallest absolute Gasteiger partial charge is 0.345 e. The standard InChI is InChI=1S/C24H14Cl3NO4S/c25-16-8-7-15(20(27)12-16)13-28-22(29)21(33-24(28)31)11-14-5-9-17(10-6-14)32-23(30)18-3-1-2-4-19(18)26/h1-12H,13H2/b21-11-. The van der Waals surface area contributed by atoms with E-state index in [4.69, 9.17) is 39.5 Å². The topological polar surface area (TPSA) is 63.7 Å². The van der Waals surface area contributed by atoms with Gasteiger partial charge in [0.05, 0.1) is 22.0 Å². The third-order valence-electron chi connectivity index (χ3n) is 4.70. The van der Waals surface area contributed by atoms with E-state index in [1.165, 1.54) is 0 Å². The van der Waals surface area contributed by atoms with Crippen LogP contribution in [0.1, 0.15) is 21.5 Å². The summed E-state index contributed by atoms with van der Waals surface area (Å²) in [5.41, 5.74) is 1.55. The van der Waals surface area contributed by atoms with Gasteiger partial charge in [0.1, 0.15) is 5.75 Å². The Hall–Kier alpha value is -2.77. The highest BCUT2D eigenvalue weighted by Gasteiger charge is 2.35. The predicted molar refractivity (Wildman–Crippen MR) is 131 cm³/mol. The number of amides is 2. The highest BCUT2D eigenvalue weighted by molar-refractivity contribution is 8.18. The lowest BCUT2D eigenvalue weighted by Gasteiger charge is -2.13. The molecule has 1 aliphatic rings. The normalized spacial score (nSPS) is 14.8. The highest BCUT2D eigenvalue weighted by atomic mass is 35.5. The summed E-state index contributed by atoms with van der Waals surface area (Å²) in [4.78, 5) is 38.9. The molecule has 9 heteroatoms. The minimum absolute atomic E-state index is 0.0505. The van der Waals surface area contributed by atoms with Crippen molar-refractivity contribution in [3.8, 4) is 5.75 Å². The fourth-order valence-electron chi connectivity index (χ4n) is 3.03. The molecule has 0 N–H and O–H groups in total. The zero-order valence-corrected chi connectivity index (χ0v) is 19.8. The van der Waals surface area contributed by atoms with Gasteiger partial charge in [0.2, 0.25) is 0 Å². The molecule has 1 saturated heterocycles. The Balaban J connectivity index is 1.45. The molecule has 0 aromatic heterocycles. The molecule has 0 aliphatic carbocycles. The largest absolute Gasteiger partial charge is 0.423 e. The van der Waals surface area contributed by atoms with E-state index in [-0.39, 0.29) is 22.3 Å². The molecule has 0 atom stereocenters. The van der Waals surface area contributed by atoms with Crippen molar-refractivity contribution in [2.45, 2.75) is 6.54 Å². The number of hydrogen-bond acceptors (Lipinski definition) is 5. The lowest BCUT2D eigenvalue weighted by molar-refractivity contribution is -0.123. The molecule has 0 saturated carbocycles. The van der Waals surface area contributed by atoms with Crippen LogP contribution in [0.2, 0.25) is 15.1 Å². The molecule has 0 spiro atoms. The van der Waals surface area contributed by atoms with Crippen LogP contribution in [0.5, 0.6) is 5.75 Å². The Bertz CT molecular complexity index is 1290. The Morgan fingerprint density at radius 3 is 2.36 bits per heavy atom. The monoisotopic (exact) mass is 517 g/mol. The van der Waals surface area contributed by atoms with Crippen molar-refractivity contribution in [2.24, 2.45) is 0 Å². The van der Waals surface area contributed by atoms with Gasteiger partial charge in [0, 0.05) is 10.0 Å². The number of carbonyl (C=O) groups excluding carboxylic acids is 3. The zero-order valence-electron chi connectivity index (χ0n) is 16.8. The molecule has 2 amide bonds. The van der Waals surface area contributed by atoms with Crippen molar-refractivity contribution in [3.05, 3.63) is 103 Å². The van der Waals surface area contributed by atoms with E-state index in [1.54, 1.807) is 72.8 Å². The summed E-state index contributed by atoms with van der Waals surface area (Å²) in [6, 6.07) is 18.0. The first-order chi connectivity index (χ1) is 15.8. The minimum Gasteiger partial charge on any atom is -0.423 e. The molecule has 1 heterocycles. The van der Waals surface area contributed by atoms with Crippen molar-refractivity contribution in [1.82, 2.24) is 4.90 Å². The van der Waals surface area contributed by atoms with Crippen molar-refractivity contribution in [2.75, 3.05) is 0 Å². The lowest BCUT2D eigenvalue weighted by Crippen LogP contribution is -2.27. The second-order valence-corrected chi connectivity index (χ2v) is 9.19. The fourth-order valence-corrected chi connectivity index (χ4v) is 4.55. The first-order valence-corrected chi connectivity index (χ1v) is 11.5. The van der Waals surface area contributed by atoms with E-state index in [0.717, 1.165) is 16.7 Å². The molecule has 3 aromatic carbocycles. The van der Waals surface area contributed by atoms with Gasteiger partial charge in [-0.2, -0.15) is 0 Å². The van der Waals surface area contributed by atoms with E-state index in [9.17, 15) is 14.4 Å². The van der Waals surface area contributed by atoms with Gasteiger partial charge in [-0.1, -0.05) is 65.1 Å². The number of nitrogens with zero attached hydrogens (tertiary/aromatic N) is 1. The lowest BCUT2D eigenvalue weighted by atomic mass is 10.2.